The number of aromatic nitrogens is 2. The number of benzene rings is 1. The number of halogens is 3. The summed E-state index contributed by atoms with van der Waals surface area (Å²) in [4.78, 5) is 14.1. The molecule has 0 radical (unpaired) electrons. The van der Waals surface area contributed by atoms with Crippen molar-refractivity contribution >= 4 is 5.95 Å². The Hall–Kier alpha value is -2.89. The second-order valence-electron chi connectivity index (χ2n) is 5.98. The highest BCUT2D eigenvalue weighted by Gasteiger charge is 2.37. The molecule has 1 aromatic heterocycles. The van der Waals surface area contributed by atoms with Crippen LogP contribution < -0.4 is 0 Å². The smallest absolute Gasteiger partial charge is 0.390 e. The minimum Gasteiger partial charge on any atom is -0.390 e. The van der Waals surface area contributed by atoms with Crippen molar-refractivity contribution in [3.8, 4) is 6.07 Å². The van der Waals surface area contributed by atoms with E-state index in [1.165, 1.54) is 29.1 Å². The van der Waals surface area contributed by atoms with E-state index in [1.807, 2.05) is 6.92 Å². The number of nitrogens with zero attached hydrogens (tertiary/aromatic N) is 4. The van der Waals surface area contributed by atoms with Crippen LogP contribution in [0.2, 0.25) is 0 Å². The fourth-order valence-electron chi connectivity index (χ4n) is 2.81. The number of alkyl halides is 3. The lowest BCUT2D eigenvalue weighted by Gasteiger charge is -2.26. The molecule has 2 aromatic rings. The number of unbranched alkanes of at least 4 members (excludes halogenated alkanes) is 1. The SMILES string of the molecule is CCCCC(C#N)(Cn1ccnc1[N+](=O)[O-])c1ccc(C(F)(F)F)cc1. The van der Waals surface area contributed by atoms with Gasteiger partial charge in [-0.25, -0.2) is 4.57 Å². The zero-order valence-corrected chi connectivity index (χ0v) is 14.0. The summed E-state index contributed by atoms with van der Waals surface area (Å²) in [7, 11) is 0. The molecule has 0 N–H and O–H groups in total. The normalized spacial score (nSPS) is 13.8. The molecular weight excluding hydrogens is 349 g/mol. The van der Waals surface area contributed by atoms with Gasteiger partial charge in [0, 0.05) is 0 Å². The molecule has 0 aliphatic rings. The maximum atomic E-state index is 12.8. The van der Waals surface area contributed by atoms with Crippen molar-refractivity contribution in [1.29, 1.82) is 5.26 Å². The molecule has 138 valence electrons. The molecule has 0 bridgehead atoms. The monoisotopic (exact) mass is 366 g/mol. The minimum atomic E-state index is -4.47. The Labute approximate surface area is 148 Å². The van der Waals surface area contributed by atoms with Crippen LogP contribution in [0.25, 0.3) is 0 Å². The summed E-state index contributed by atoms with van der Waals surface area (Å²) in [6, 6.07) is 6.57. The standard InChI is InChI=1S/C17H17F3N4O2/c1-2-3-8-16(11-21,12-23-10-9-22-15(23)24(25)26)13-4-6-14(7-5-13)17(18,19)20/h4-7,9-10H,2-3,8,12H2,1H3. The van der Waals surface area contributed by atoms with Crippen molar-refractivity contribution in [2.75, 3.05) is 0 Å². The summed E-state index contributed by atoms with van der Waals surface area (Å²) < 4.78 is 39.6. The molecule has 2 rings (SSSR count). The molecule has 1 unspecified atom stereocenters. The van der Waals surface area contributed by atoms with Crippen LogP contribution in [-0.4, -0.2) is 14.5 Å². The predicted octanol–water partition coefficient (Wildman–Crippen LogP) is 4.46. The molecule has 1 heterocycles. The summed E-state index contributed by atoms with van der Waals surface area (Å²) in [5, 5.41) is 20.9. The Morgan fingerprint density at radius 2 is 1.88 bits per heavy atom. The van der Waals surface area contributed by atoms with E-state index in [2.05, 4.69) is 11.1 Å². The van der Waals surface area contributed by atoms with Gasteiger partial charge in [-0.1, -0.05) is 36.9 Å². The lowest BCUT2D eigenvalue weighted by Crippen LogP contribution is -2.30. The maximum absolute atomic E-state index is 12.8. The average molecular weight is 366 g/mol. The first-order valence-electron chi connectivity index (χ1n) is 7.98. The van der Waals surface area contributed by atoms with Gasteiger partial charge in [-0.15, -0.1) is 0 Å². The van der Waals surface area contributed by atoms with E-state index in [0.717, 1.165) is 18.6 Å². The number of hydrogen-bond donors (Lipinski definition) is 0. The number of imidazole rings is 1. The first-order chi connectivity index (χ1) is 12.2. The highest BCUT2D eigenvalue weighted by Crippen LogP contribution is 2.35. The fraction of sp³-hybridized carbons (Fsp3) is 0.412. The Kier molecular flexibility index (Phi) is 5.65. The molecular formula is C17H17F3N4O2. The molecule has 26 heavy (non-hydrogen) atoms. The van der Waals surface area contributed by atoms with Gasteiger partial charge in [0.1, 0.15) is 17.8 Å². The number of nitro groups is 1. The van der Waals surface area contributed by atoms with E-state index in [9.17, 15) is 28.5 Å². The van der Waals surface area contributed by atoms with Gasteiger partial charge in [0.05, 0.1) is 18.2 Å². The minimum absolute atomic E-state index is 0.0643. The third kappa shape index (κ3) is 4.02. The summed E-state index contributed by atoms with van der Waals surface area (Å²) in [6.45, 7) is 1.86. The van der Waals surface area contributed by atoms with Crippen LogP contribution in [0.1, 0.15) is 37.3 Å². The van der Waals surface area contributed by atoms with Gasteiger partial charge in [-0.3, -0.25) is 0 Å². The number of hydrogen-bond acceptors (Lipinski definition) is 4. The Morgan fingerprint density at radius 1 is 1.27 bits per heavy atom. The van der Waals surface area contributed by atoms with Crippen LogP contribution >= 0.6 is 0 Å². The molecule has 0 amide bonds. The topological polar surface area (TPSA) is 84.8 Å². The molecule has 1 atom stereocenters. The van der Waals surface area contributed by atoms with E-state index in [4.69, 9.17) is 0 Å². The lowest BCUT2D eigenvalue weighted by molar-refractivity contribution is -0.396. The highest BCUT2D eigenvalue weighted by atomic mass is 19.4. The first-order valence-corrected chi connectivity index (χ1v) is 7.98. The Bertz CT molecular complexity index is 809. The van der Waals surface area contributed by atoms with E-state index >= 15 is 0 Å². The van der Waals surface area contributed by atoms with Gasteiger partial charge < -0.3 is 10.1 Å². The van der Waals surface area contributed by atoms with Crippen molar-refractivity contribution in [2.24, 2.45) is 0 Å². The molecule has 6 nitrogen and oxygen atoms in total. The lowest BCUT2D eigenvalue weighted by atomic mass is 9.77. The Morgan fingerprint density at radius 3 is 2.38 bits per heavy atom. The zero-order valence-electron chi connectivity index (χ0n) is 14.0. The van der Waals surface area contributed by atoms with Gasteiger partial charge in [0.25, 0.3) is 0 Å². The molecule has 0 aliphatic carbocycles. The maximum Gasteiger partial charge on any atom is 0.434 e. The molecule has 0 spiro atoms. The summed E-state index contributed by atoms with van der Waals surface area (Å²) in [6.07, 6.45) is -0.0403. The number of rotatable bonds is 7. The van der Waals surface area contributed by atoms with Crippen molar-refractivity contribution in [3.63, 3.8) is 0 Å². The Balaban J connectivity index is 2.46. The van der Waals surface area contributed by atoms with Crippen LogP contribution in [-0.2, 0) is 18.1 Å². The highest BCUT2D eigenvalue weighted by molar-refractivity contribution is 5.36. The van der Waals surface area contributed by atoms with Crippen LogP contribution in [0.3, 0.4) is 0 Å². The van der Waals surface area contributed by atoms with Crippen molar-refractivity contribution in [3.05, 3.63) is 57.9 Å². The molecule has 1 aromatic carbocycles. The molecule has 0 saturated carbocycles. The molecule has 0 saturated heterocycles. The van der Waals surface area contributed by atoms with Gasteiger partial charge in [0.2, 0.25) is 0 Å². The van der Waals surface area contributed by atoms with E-state index in [-0.39, 0.29) is 6.54 Å². The van der Waals surface area contributed by atoms with Gasteiger partial charge in [0.15, 0.2) is 0 Å². The average Bonchev–Trinajstić information content (AvgIpc) is 3.06. The summed E-state index contributed by atoms with van der Waals surface area (Å²) in [5.74, 6) is -0.409. The van der Waals surface area contributed by atoms with Crippen LogP contribution in [0.15, 0.2) is 36.7 Å². The van der Waals surface area contributed by atoms with Gasteiger partial charge in [-0.05, 0) is 29.0 Å². The quantitative estimate of drug-likeness (QED) is 0.535. The van der Waals surface area contributed by atoms with Crippen molar-refractivity contribution in [2.45, 2.75) is 44.3 Å². The fourth-order valence-corrected chi connectivity index (χ4v) is 2.81. The third-order valence-electron chi connectivity index (χ3n) is 4.23. The van der Waals surface area contributed by atoms with E-state index in [0.29, 0.717) is 18.4 Å². The second-order valence-corrected chi connectivity index (χ2v) is 5.98. The second kappa shape index (κ2) is 7.56. The van der Waals surface area contributed by atoms with E-state index < -0.39 is 28.0 Å². The summed E-state index contributed by atoms with van der Waals surface area (Å²) >= 11 is 0. The largest absolute Gasteiger partial charge is 0.434 e. The zero-order chi connectivity index (χ0) is 19.4. The summed E-state index contributed by atoms with van der Waals surface area (Å²) in [5.41, 5.74) is -1.60. The predicted molar refractivity (Wildman–Crippen MR) is 87.1 cm³/mol. The molecule has 0 fully saturated rings. The van der Waals surface area contributed by atoms with Crippen LogP contribution in [0.4, 0.5) is 19.1 Å². The van der Waals surface area contributed by atoms with Crippen LogP contribution in [0, 0.1) is 21.4 Å². The van der Waals surface area contributed by atoms with Gasteiger partial charge in [-0.2, -0.15) is 18.4 Å². The molecule has 0 aliphatic heterocycles. The van der Waals surface area contributed by atoms with Gasteiger partial charge >= 0.3 is 12.1 Å². The van der Waals surface area contributed by atoms with Crippen molar-refractivity contribution < 1.29 is 18.1 Å². The third-order valence-corrected chi connectivity index (χ3v) is 4.23. The molecule has 9 heteroatoms. The van der Waals surface area contributed by atoms with E-state index in [1.54, 1.807) is 0 Å². The number of nitriles is 1. The van der Waals surface area contributed by atoms with Crippen LogP contribution in [0.5, 0.6) is 0 Å². The van der Waals surface area contributed by atoms with Crippen molar-refractivity contribution in [1.82, 2.24) is 9.55 Å². The first kappa shape index (κ1) is 19.4.